The summed E-state index contributed by atoms with van der Waals surface area (Å²) in [7, 11) is -0.436. The van der Waals surface area contributed by atoms with E-state index >= 15 is 0 Å². The second-order valence-electron chi connectivity index (χ2n) is 19.6. The van der Waals surface area contributed by atoms with Crippen LogP contribution in [0.2, 0.25) is 0 Å². The predicted octanol–water partition coefficient (Wildman–Crippen LogP) is 10.6. The summed E-state index contributed by atoms with van der Waals surface area (Å²) in [4.78, 5) is 20.2. The molecule has 10 atom stereocenters. The molecule has 0 radical (unpaired) electrons. The molecule has 394 valence electrons. The number of aromatic nitrogens is 2. The molecule has 0 amide bonds. The van der Waals surface area contributed by atoms with Crippen molar-refractivity contribution in [3.05, 3.63) is 137 Å². The lowest BCUT2D eigenvalue weighted by Gasteiger charge is -2.44. The number of halogens is 1. The van der Waals surface area contributed by atoms with Crippen LogP contribution < -0.4 is 5.46 Å². The molecule has 3 aliphatic rings. The summed E-state index contributed by atoms with van der Waals surface area (Å²) in [5, 5.41) is 39.8. The third-order valence-electron chi connectivity index (χ3n) is 13.9. The van der Waals surface area contributed by atoms with Crippen molar-refractivity contribution in [3.8, 4) is 34.0 Å². The topological polar surface area (TPSA) is 196 Å². The molecule has 3 aliphatic heterocycles. The molecule has 4 aromatic carbocycles. The lowest BCUT2D eigenvalue weighted by molar-refractivity contribution is -0.231. The summed E-state index contributed by atoms with van der Waals surface area (Å²) in [6, 6.07) is 31.1. The fraction of sp³-hybridized carbons (Fsp3) is 0.456. The Morgan fingerprint density at radius 1 is 0.671 bits per heavy atom. The van der Waals surface area contributed by atoms with Gasteiger partial charge in [-0.3, -0.25) is 4.79 Å². The Bertz CT molecular complexity index is 2670. The lowest BCUT2D eigenvalue weighted by Crippen LogP contribution is -2.55. The monoisotopic (exact) mass is 1070 g/mol. The third kappa shape index (κ3) is 13.6. The Morgan fingerprint density at radius 2 is 1.18 bits per heavy atom. The highest BCUT2D eigenvalue weighted by atomic mass is 79.9. The standard InChI is InChI=1S/C23H35BO5.C22H23NO6.C10H8BrNO.2CH4/c1-9-19-14(2)15(3)20(26-16(4)25)21(27-19)17-11-10-12-18(13-17)24-28-22(5,6)23(7,8)29-24;1-12-10-23-22(28-12)14-7-5-13(6-8-14)15-3-2-4-16(9-15)21-20(27)19(26)18(25)17(11-24)29-21;1-7-6-12-10(13-7)8-2-4-9(11)5-3-8;;/h10-15,19-21H,9H2,1-8H3;2-10,17-21,24-27H,11H2,1H3;2-6H,1H3;2*1H4/t14-,15-,19+,20-,21+;17-,18-,19+,20+,21-;;;/m01.../s1. The Kier molecular flexibility index (Phi) is 20.2. The Labute approximate surface area is 439 Å². The van der Waals surface area contributed by atoms with Gasteiger partial charge in [0, 0.05) is 28.4 Å². The van der Waals surface area contributed by atoms with Crippen LogP contribution in [-0.2, 0) is 28.3 Å². The number of aliphatic hydroxyl groups is 4. The molecule has 14 nitrogen and oxygen atoms in total. The maximum absolute atomic E-state index is 11.8. The maximum Gasteiger partial charge on any atom is 0.494 e. The highest BCUT2D eigenvalue weighted by Crippen LogP contribution is 2.42. The van der Waals surface area contributed by atoms with Gasteiger partial charge in [0.2, 0.25) is 11.8 Å². The second kappa shape index (κ2) is 25.0. The van der Waals surface area contributed by atoms with Gasteiger partial charge in [-0.25, -0.2) is 9.97 Å². The lowest BCUT2D eigenvalue weighted by atomic mass is 9.75. The van der Waals surface area contributed by atoms with E-state index in [9.17, 15) is 25.2 Å². The molecule has 16 heteroatoms. The molecule has 0 bridgehead atoms. The largest absolute Gasteiger partial charge is 0.494 e. The first-order valence-electron chi connectivity index (χ1n) is 24.1. The van der Waals surface area contributed by atoms with Gasteiger partial charge in [0.15, 0.2) is 0 Å². The van der Waals surface area contributed by atoms with Crippen molar-refractivity contribution in [1.82, 2.24) is 9.97 Å². The number of benzene rings is 4. The predicted molar refractivity (Wildman–Crippen MR) is 287 cm³/mol. The highest BCUT2D eigenvalue weighted by Gasteiger charge is 2.52. The number of carbonyl (C=O) groups excluding carboxylic acids is 1. The van der Waals surface area contributed by atoms with Crippen LogP contribution >= 0.6 is 15.9 Å². The molecule has 3 saturated heterocycles. The van der Waals surface area contributed by atoms with Crippen molar-refractivity contribution in [2.24, 2.45) is 11.8 Å². The molecule has 2 aromatic heterocycles. The third-order valence-corrected chi connectivity index (χ3v) is 14.5. The normalized spacial score (nSPS) is 25.9. The molecule has 0 saturated carbocycles. The SMILES string of the molecule is C.C.CC[C@H]1O[C@H](c2cccc(B3OC(C)(C)C(C)(C)O3)c2)[C@@H](OC(C)=O)[C@@H](C)[C@@H]1C.Cc1cnc(-c2ccc(-c3cccc([C@H]4O[C@H](CO)[C@@H](O)[C@H](O)[C@@H]4O)c3)cc2)o1.Cc1cnc(-c2ccc(Br)cc2)o1. The number of hydrogen-bond acceptors (Lipinski definition) is 14. The molecule has 3 fully saturated rings. The first-order chi connectivity index (χ1) is 33.7. The molecule has 4 N–H and O–H groups in total. The Balaban J connectivity index is 0.000000214. The summed E-state index contributed by atoms with van der Waals surface area (Å²) in [6.07, 6.45) is -2.07. The van der Waals surface area contributed by atoms with Crippen LogP contribution in [0.3, 0.4) is 0 Å². The number of oxazole rings is 2. The van der Waals surface area contributed by atoms with E-state index in [1.165, 1.54) is 6.92 Å². The maximum atomic E-state index is 11.8. The molecule has 0 unspecified atom stereocenters. The number of nitrogens with zero attached hydrogens (tertiary/aromatic N) is 2. The van der Waals surface area contributed by atoms with Gasteiger partial charge >= 0.3 is 13.1 Å². The molecular formula is C57H74BBrN2O12. The molecule has 0 aliphatic carbocycles. The minimum Gasteiger partial charge on any atom is -0.459 e. The van der Waals surface area contributed by atoms with Crippen LogP contribution in [0, 0.1) is 25.7 Å². The van der Waals surface area contributed by atoms with E-state index in [1.54, 1.807) is 18.5 Å². The van der Waals surface area contributed by atoms with Gasteiger partial charge in [-0.15, -0.1) is 0 Å². The number of carbonyl (C=O) groups is 1. The van der Waals surface area contributed by atoms with Gasteiger partial charge in [-0.1, -0.05) is 106 Å². The van der Waals surface area contributed by atoms with E-state index in [-0.39, 0.29) is 45.1 Å². The molecule has 73 heavy (non-hydrogen) atoms. The summed E-state index contributed by atoms with van der Waals surface area (Å²) in [5.41, 5.74) is 5.50. The van der Waals surface area contributed by atoms with E-state index in [0.717, 1.165) is 55.7 Å². The zero-order valence-electron chi connectivity index (χ0n) is 42.0. The summed E-state index contributed by atoms with van der Waals surface area (Å²) in [5.74, 6) is 3.04. The van der Waals surface area contributed by atoms with Crippen molar-refractivity contribution in [2.45, 2.75) is 151 Å². The van der Waals surface area contributed by atoms with E-state index in [1.807, 2.05) is 126 Å². The van der Waals surface area contributed by atoms with Gasteiger partial charge in [0.05, 0.1) is 36.3 Å². The first kappa shape index (κ1) is 58.9. The van der Waals surface area contributed by atoms with E-state index in [4.69, 9.17) is 32.4 Å². The van der Waals surface area contributed by atoms with E-state index in [2.05, 4.69) is 52.7 Å². The zero-order valence-corrected chi connectivity index (χ0v) is 43.6. The quantitative estimate of drug-likeness (QED) is 0.0788. The van der Waals surface area contributed by atoms with Crippen molar-refractivity contribution in [2.75, 3.05) is 6.61 Å². The zero-order chi connectivity index (χ0) is 51.4. The smallest absolute Gasteiger partial charge is 0.459 e. The van der Waals surface area contributed by atoms with Crippen LogP contribution in [0.5, 0.6) is 0 Å². The second-order valence-corrected chi connectivity index (χ2v) is 20.5. The van der Waals surface area contributed by atoms with Gasteiger partial charge in [-0.2, -0.15) is 0 Å². The fourth-order valence-electron chi connectivity index (χ4n) is 8.91. The number of hydrogen-bond donors (Lipinski definition) is 4. The number of rotatable bonds is 9. The minimum absolute atomic E-state index is 0. The van der Waals surface area contributed by atoms with E-state index in [0.29, 0.717) is 23.3 Å². The minimum atomic E-state index is -1.40. The van der Waals surface area contributed by atoms with Gasteiger partial charge in [-0.05, 0) is 124 Å². The van der Waals surface area contributed by atoms with Crippen molar-refractivity contribution >= 4 is 34.5 Å². The molecule has 9 rings (SSSR count). The molecule has 0 spiro atoms. The first-order valence-corrected chi connectivity index (χ1v) is 24.9. The van der Waals surface area contributed by atoms with Crippen LogP contribution in [0.1, 0.15) is 112 Å². The van der Waals surface area contributed by atoms with Crippen LogP contribution in [-0.4, -0.2) is 97.9 Å². The fourth-order valence-corrected chi connectivity index (χ4v) is 9.17. The van der Waals surface area contributed by atoms with Gasteiger partial charge in [0.25, 0.3) is 0 Å². The van der Waals surface area contributed by atoms with E-state index < -0.39 is 55.4 Å². The molecule has 5 heterocycles. The van der Waals surface area contributed by atoms with Crippen molar-refractivity contribution < 1.29 is 57.6 Å². The number of ether oxygens (including phenoxy) is 3. The van der Waals surface area contributed by atoms with Crippen LogP contribution in [0.25, 0.3) is 34.0 Å². The van der Waals surface area contributed by atoms with Crippen LogP contribution in [0.15, 0.2) is 123 Å². The Hall–Kier alpha value is -5.01. The Morgan fingerprint density at radius 3 is 1.68 bits per heavy atom. The average molecular weight is 1070 g/mol. The summed E-state index contributed by atoms with van der Waals surface area (Å²) < 4.78 is 42.3. The van der Waals surface area contributed by atoms with Crippen molar-refractivity contribution in [1.29, 1.82) is 0 Å². The molecular weight excluding hydrogens is 995 g/mol. The summed E-state index contributed by atoms with van der Waals surface area (Å²) in [6.45, 7) is 19.4. The van der Waals surface area contributed by atoms with Gasteiger partial charge < -0.3 is 52.8 Å². The number of esters is 1. The number of aryl methyl sites for hydroxylation is 2. The molecule has 6 aromatic rings. The van der Waals surface area contributed by atoms with Gasteiger partial charge in [0.1, 0.15) is 54.2 Å². The number of aliphatic hydroxyl groups excluding tert-OH is 4. The average Bonchev–Trinajstić information content (AvgIpc) is 4.06. The van der Waals surface area contributed by atoms with Crippen molar-refractivity contribution in [3.63, 3.8) is 0 Å². The van der Waals surface area contributed by atoms with Crippen LogP contribution in [0.4, 0.5) is 0 Å². The summed E-state index contributed by atoms with van der Waals surface area (Å²) >= 11 is 3.37. The highest BCUT2D eigenvalue weighted by molar-refractivity contribution is 9.10.